The highest BCUT2D eigenvalue weighted by Crippen LogP contribution is 2.36. The third-order valence-corrected chi connectivity index (χ3v) is 5.65. The van der Waals surface area contributed by atoms with E-state index in [0.29, 0.717) is 0 Å². The molecule has 2 heterocycles. The first kappa shape index (κ1) is 15.0. The molecule has 0 bridgehead atoms. The van der Waals surface area contributed by atoms with Crippen molar-refractivity contribution in [3.63, 3.8) is 0 Å². The van der Waals surface area contributed by atoms with E-state index in [0.717, 1.165) is 5.75 Å². The summed E-state index contributed by atoms with van der Waals surface area (Å²) in [7, 11) is 2.14. The minimum Gasteiger partial charge on any atom is -0.427 e. The van der Waals surface area contributed by atoms with E-state index >= 15 is 0 Å². The van der Waals surface area contributed by atoms with E-state index in [1.807, 2.05) is 23.0 Å². The Balaban J connectivity index is 2.24. The van der Waals surface area contributed by atoms with E-state index in [1.54, 1.807) is 0 Å². The van der Waals surface area contributed by atoms with Gasteiger partial charge in [-0.1, -0.05) is 30.3 Å². The first-order valence-corrected chi connectivity index (χ1v) is 9.12. The lowest BCUT2D eigenvalue weighted by molar-refractivity contribution is -0.617. The molecule has 5 rings (SSSR count). The summed E-state index contributed by atoms with van der Waals surface area (Å²) in [5.74, 6) is 0.913. The number of benzene rings is 3. The summed E-state index contributed by atoms with van der Waals surface area (Å²) in [6.45, 7) is 2.14. The highest BCUT2D eigenvalue weighted by Gasteiger charge is 2.24. The van der Waals surface area contributed by atoms with Crippen LogP contribution in [-0.2, 0) is 7.05 Å². The summed E-state index contributed by atoms with van der Waals surface area (Å²) in [6, 6.07) is 21.4. The average Bonchev–Trinajstić information content (AvgIpc) is 2.95. The lowest BCUT2D eigenvalue weighted by Crippen LogP contribution is -2.27. The maximum atomic E-state index is 5.58. The smallest absolute Gasteiger partial charge is 0.295 e. The van der Waals surface area contributed by atoms with Crippen LogP contribution >= 0.6 is 23.0 Å². The van der Waals surface area contributed by atoms with Crippen molar-refractivity contribution in [3.8, 4) is 5.75 Å². The number of aryl methyl sites for hydroxylation is 2. The van der Waals surface area contributed by atoms with E-state index in [1.165, 1.54) is 43.9 Å². The summed E-state index contributed by atoms with van der Waals surface area (Å²) in [6.07, 6.45) is 0. The number of hydrogen-bond acceptors (Lipinski definition) is 1. The SMILES string of the molecule is Cc1c(OI)ccc2c3ccccc3n3c4ccccc4[n+](C)c3c12. The van der Waals surface area contributed by atoms with Gasteiger partial charge < -0.3 is 3.07 Å². The molecule has 0 spiro atoms. The number of para-hydroxylation sites is 3. The van der Waals surface area contributed by atoms with E-state index < -0.39 is 0 Å². The van der Waals surface area contributed by atoms with Crippen LogP contribution in [0.25, 0.3) is 38.4 Å². The minimum absolute atomic E-state index is 0.913. The van der Waals surface area contributed by atoms with Gasteiger partial charge in [0, 0.05) is 16.3 Å². The van der Waals surface area contributed by atoms with E-state index in [2.05, 4.69) is 83.6 Å². The van der Waals surface area contributed by atoms with Crippen molar-refractivity contribution in [1.82, 2.24) is 4.40 Å². The topological polar surface area (TPSA) is 17.5 Å². The van der Waals surface area contributed by atoms with Gasteiger partial charge in [0.1, 0.15) is 11.3 Å². The molecule has 0 aliphatic carbocycles. The van der Waals surface area contributed by atoms with Crippen molar-refractivity contribution in [2.75, 3.05) is 0 Å². The summed E-state index contributed by atoms with van der Waals surface area (Å²) in [4.78, 5) is 0. The summed E-state index contributed by atoms with van der Waals surface area (Å²) in [5.41, 5.74) is 6.03. The van der Waals surface area contributed by atoms with Crippen molar-refractivity contribution in [3.05, 3.63) is 66.2 Å². The van der Waals surface area contributed by atoms with Gasteiger partial charge in [0.25, 0.3) is 5.65 Å². The minimum atomic E-state index is 0.913. The molecule has 0 atom stereocenters. The lowest BCUT2D eigenvalue weighted by atomic mass is 10.0. The Morgan fingerprint density at radius 1 is 0.880 bits per heavy atom. The second-order valence-corrected chi connectivity index (χ2v) is 6.85. The van der Waals surface area contributed by atoms with Crippen LogP contribution in [0.1, 0.15) is 5.56 Å². The van der Waals surface area contributed by atoms with Crippen molar-refractivity contribution in [1.29, 1.82) is 0 Å². The van der Waals surface area contributed by atoms with Gasteiger partial charge in [0.05, 0.1) is 12.4 Å². The Bertz CT molecular complexity index is 1300. The van der Waals surface area contributed by atoms with Crippen LogP contribution in [0.4, 0.5) is 0 Å². The third-order valence-electron chi connectivity index (χ3n) is 5.17. The Morgan fingerprint density at radius 2 is 1.60 bits per heavy atom. The quantitative estimate of drug-likeness (QED) is 0.198. The molecule has 5 aromatic rings. The highest BCUT2D eigenvalue weighted by molar-refractivity contribution is 14.1. The van der Waals surface area contributed by atoms with Crippen LogP contribution < -0.4 is 7.63 Å². The van der Waals surface area contributed by atoms with Crippen LogP contribution in [0.2, 0.25) is 0 Å². The average molecular weight is 439 g/mol. The van der Waals surface area contributed by atoms with Crippen molar-refractivity contribution in [2.45, 2.75) is 6.92 Å². The largest absolute Gasteiger partial charge is 0.427 e. The molecular weight excluding hydrogens is 423 g/mol. The van der Waals surface area contributed by atoms with Gasteiger partial charge in [0.15, 0.2) is 34.0 Å². The maximum Gasteiger partial charge on any atom is 0.295 e. The Morgan fingerprint density at radius 3 is 2.40 bits per heavy atom. The number of imidazole rings is 1. The van der Waals surface area contributed by atoms with Crippen molar-refractivity contribution in [2.24, 2.45) is 7.05 Å². The zero-order valence-electron chi connectivity index (χ0n) is 14.0. The molecule has 0 N–H and O–H groups in total. The fourth-order valence-corrected chi connectivity index (χ4v) is 4.50. The van der Waals surface area contributed by atoms with Gasteiger partial charge >= 0.3 is 0 Å². The maximum absolute atomic E-state index is 5.58. The first-order chi connectivity index (χ1) is 12.2. The summed E-state index contributed by atoms with van der Waals surface area (Å²) < 4.78 is 10.2. The Hall–Kier alpha value is -2.34. The Kier molecular flexibility index (Phi) is 3.19. The number of rotatable bonds is 1. The predicted molar refractivity (Wildman–Crippen MR) is 110 cm³/mol. The van der Waals surface area contributed by atoms with Gasteiger partial charge in [-0.3, -0.25) is 0 Å². The summed E-state index contributed by atoms with van der Waals surface area (Å²) in [5, 5.41) is 3.76. The molecule has 0 radical (unpaired) electrons. The van der Waals surface area contributed by atoms with E-state index in [4.69, 9.17) is 3.07 Å². The molecule has 0 saturated carbocycles. The van der Waals surface area contributed by atoms with Crippen LogP contribution in [-0.4, -0.2) is 4.40 Å². The molecule has 0 saturated heterocycles. The van der Waals surface area contributed by atoms with Crippen molar-refractivity contribution < 1.29 is 7.63 Å². The zero-order chi connectivity index (χ0) is 17.1. The lowest BCUT2D eigenvalue weighted by Gasteiger charge is -2.09. The second kappa shape index (κ2) is 5.33. The van der Waals surface area contributed by atoms with E-state index in [9.17, 15) is 0 Å². The fraction of sp³-hybridized carbons (Fsp3) is 0.0952. The number of aromatic nitrogens is 2. The molecule has 3 nitrogen and oxygen atoms in total. The standard InChI is InChI=1S/C21H16IN2O/c1-13-19(25-22)12-11-15-14-7-3-4-8-16(14)24-18-10-6-5-9-17(18)23(2)21(24)20(13)15/h3-12H,1-2H3/q+1. The van der Waals surface area contributed by atoms with Crippen LogP contribution in [0, 0.1) is 6.92 Å². The van der Waals surface area contributed by atoms with E-state index in [-0.39, 0.29) is 0 Å². The Labute approximate surface area is 159 Å². The van der Waals surface area contributed by atoms with Gasteiger partial charge in [-0.15, -0.1) is 0 Å². The highest BCUT2D eigenvalue weighted by atomic mass is 127. The molecule has 3 aromatic carbocycles. The fourth-order valence-electron chi connectivity index (χ4n) is 4.02. The van der Waals surface area contributed by atoms with Crippen LogP contribution in [0.3, 0.4) is 0 Å². The summed E-state index contributed by atoms with van der Waals surface area (Å²) >= 11 is 1.96. The molecule has 0 aliphatic rings. The molecule has 4 heteroatoms. The number of pyridine rings is 1. The normalized spacial score (nSPS) is 11.8. The number of hydrogen-bond donors (Lipinski definition) is 0. The molecule has 122 valence electrons. The molecule has 0 fully saturated rings. The van der Waals surface area contributed by atoms with Crippen LogP contribution in [0.5, 0.6) is 5.75 Å². The van der Waals surface area contributed by atoms with Gasteiger partial charge in [-0.05, 0) is 37.3 Å². The number of halogens is 1. The molecule has 2 aromatic heterocycles. The second-order valence-electron chi connectivity index (χ2n) is 6.41. The first-order valence-electron chi connectivity index (χ1n) is 8.24. The molecule has 0 aliphatic heterocycles. The molecule has 25 heavy (non-hydrogen) atoms. The monoisotopic (exact) mass is 439 g/mol. The van der Waals surface area contributed by atoms with Gasteiger partial charge in [-0.25, -0.2) is 4.57 Å². The molecular formula is C21H16IN2O+. The van der Waals surface area contributed by atoms with Crippen molar-refractivity contribution >= 4 is 61.4 Å². The number of nitrogens with zero attached hydrogens (tertiary/aromatic N) is 2. The van der Waals surface area contributed by atoms with Crippen LogP contribution in [0.15, 0.2) is 60.7 Å². The third kappa shape index (κ3) is 1.88. The molecule has 0 unspecified atom stereocenters. The predicted octanol–water partition coefficient (Wildman–Crippen LogP) is 5.26. The number of fused-ring (bicyclic) bond motifs is 8. The van der Waals surface area contributed by atoms with Gasteiger partial charge in [0.2, 0.25) is 0 Å². The van der Waals surface area contributed by atoms with Gasteiger partial charge in [-0.2, -0.15) is 4.40 Å². The molecule has 0 amide bonds. The zero-order valence-corrected chi connectivity index (χ0v) is 16.1.